The molecular formula is C24H23F4N5O2S. The minimum Gasteiger partial charge on any atom is -0.350 e. The quantitative estimate of drug-likeness (QED) is 0.423. The molecule has 1 saturated carbocycles. The van der Waals surface area contributed by atoms with E-state index in [0.29, 0.717) is 25.3 Å². The van der Waals surface area contributed by atoms with Gasteiger partial charge in [-0.1, -0.05) is 12.2 Å². The molecule has 1 heterocycles. The van der Waals surface area contributed by atoms with Gasteiger partial charge in [0.15, 0.2) is 5.69 Å². The number of nitriles is 1. The molecular weight excluding hydrogens is 498 g/mol. The molecule has 3 rings (SSSR count). The average Bonchev–Trinajstić information content (AvgIpc) is 2.78. The fourth-order valence-electron chi connectivity index (χ4n) is 4.03. The summed E-state index contributed by atoms with van der Waals surface area (Å²) in [5.74, 6) is -1.98. The highest BCUT2D eigenvalue weighted by atomic mass is 32.1. The molecule has 1 aromatic heterocycles. The number of benzene rings is 1. The van der Waals surface area contributed by atoms with Crippen LogP contribution in [0.3, 0.4) is 0 Å². The van der Waals surface area contributed by atoms with E-state index in [1.807, 2.05) is 0 Å². The molecule has 1 N–H and O–H groups in total. The van der Waals surface area contributed by atoms with E-state index in [9.17, 15) is 27.2 Å². The highest BCUT2D eigenvalue weighted by Gasteiger charge is 2.51. The topological polar surface area (TPSA) is 89.3 Å². The van der Waals surface area contributed by atoms with Gasteiger partial charge in [-0.05, 0) is 57.4 Å². The van der Waals surface area contributed by atoms with Crippen LogP contribution in [0.2, 0.25) is 0 Å². The van der Waals surface area contributed by atoms with E-state index in [4.69, 9.17) is 17.5 Å². The lowest BCUT2D eigenvalue weighted by atomic mass is 9.74. The van der Waals surface area contributed by atoms with Crippen molar-refractivity contribution in [2.24, 2.45) is 0 Å². The van der Waals surface area contributed by atoms with Gasteiger partial charge in [-0.3, -0.25) is 9.59 Å². The Morgan fingerprint density at radius 3 is 2.39 bits per heavy atom. The van der Waals surface area contributed by atoms with E-state index in [-0.39, 0.29) is 23.0 Å². The van der Waals surface area contributed by atoms with Crippen molar-refractivity contribution >= 4 is 40.9 Å². The second kappa shape index (κ2) is 10.2. The number of anilines is 2. The molecule has 0 unspecified atom stereocenters. The van der Waals surface area contributed by atoms with E-state index in [2.05, 4.69) is 10.3 Å². The zero-order chi connectivity index (χ0) is 26.8. The second-order valence-corrected chi connectivity index (χ2v) is 8.93. The first-order valence-corrected chi connectivity index (χ1v) is 11.4. The van der Waals surface area contributed by atoms with Gasteiger partial charge in [-0.2, -0.15) is 18.4 Å². The number of hydrogen-bond donors (Lipinski definition) is 1. The van der Waals surface area contributed by atoms with Gasteiger partial charge >= 0.3 is 6.18 Å². The smallest absolute Gasteiger partial charge is 0.350 e. The third kappa shape index (κ3) is 5.02. The molecule has 0 spiro atoms. The second-order valence-electron chi connectivity index (χ2n) is 8.72. The Morgan fingerprint density at radius 2 is 1.92 bits per heavy atom. The number of halogens is 4. The molecule has 1 fully saturated rings. The van der Waals surface area contributed by atoms with Crippen LogP contribution < -0.4 is 15.1 Å². The van der Waals surface area contributed by atoms with Crippen LogP contribution in [-0.4, -0.2) is 40.9 Å². The van der Waals surface area contributed by atoms with Gasteiger partial charge in [0.2, 0.25) is 0 Å². The van der Waals surface area contributed by atoms with Gasteiger partial charge < -0.3 is 15.1 Å². The van der Waals surface area contributed by atoms with Crippen LogP contribution in [0.15, 0.2) is 30.5 Å². The maximum Gasteiger partial charge on any atom is 0.419 e. The molecule has 1 aliphatic rings. The zero-order valence-corrected chi connectivity index (χ0v) is 20.5. The lowest BCUT2D eigenvalue weighted by molar-refractivity contribution is -0.138. The fourth-order valence-corrected chi connectivity index (χ4v) is 4.35. The lowest BCUT2D eigenvalue weighted by Crippen LogP contribution is -2.63. The number of amides is 2. The number of carbonyl (C=O) groups excluding carboxylic acids is 2. The van der Waals surface area contributed by atoms with E-state index in [0.717, 1.165) is 17.2 Å². The number of thiocarbonyl (C=S) groups is 1. The molecule has 0 aliphatic heterocycles. The predicted octanol–water partition coefficient (Wildman–Crippen LogP) is 4.60. The van der Waals surface area contributed by atoms with Gasteiger partial charge in [0.05, 0.1) is 28.5 Å². The maximum absolute atomic E-state index is 14.8. The first-order chi connectivity index (χ1) is 16.9. The highest BCUT2D eigenvalue weighted by molar-refractivity contribution is 7.79. The van der Waals surface area contributed by atoms with Crippen molar-refractivity contribution in [2.75, 3.05) is 16.8 Å². The molecule has 190 valence electrons. The van der Waals surface area contributed by atoms with Crippen molar-refractivity contribution < 1.29 is 27.2 Å². The Balaban J connectivity index is 1.97. The normalized spacial score (nSPS) is 14.4. The molecule has 0 atom stereocenters. The number of aromatic nitrogens is 1. The van der Waals surface area contributed by atoms with Crippen LogP contribution in [0.4, 0.5) is 28.9 Å². The van der Waals surface area contributed by atoms with Crippen molar-refractivity contribution in [3.05, 3.63) is 53.1 Å². The van der Waals surface area contributed by atoms with Crippen molar-refractivity contribution in [3.63, 3.8) is 0 Å². The van der Waals surface area contributed by atoms with Gasteiger partial charge in [-0.25, -0.2) is 9.37 Å². The largest absolute Gasteiger partial charge is 0.419 e. The van der Waals surface area contributed by atoms with Crippen LogP contribution in [0.5, 0.6) is 0 Å². The lowest BCUT2D eigenvalue weighted by Gasteiger charge is -2.49. The molecule has 0 radical (unpaired) electrons. The SMILES string of the molecule is CC(C)NC(=O)c1ccc(N(C=S)C2(C(=O)N(C)c3cnc(C#N)c(C(F)(F)F)c3)CCC2)cc1F. The van der Waals surface area contributed by atoms with E-state index >= 15 is 0 Å². The van der Waals surface area contributed by atoms with Gasteiger partial charge in [0, 0.05) is 18.8 Å². The predicted molar refractivity (Wildman–Crippen MR) is 129 cm³/mol. The minimum atomic E-state index is -4.84. The number of hydrogen-bond acceptors (Lipinski definition) is 5. The minimum absolute atomic E-state index is 0.159. The number of nitrogens with zero attached hydrogens (tertiary/aromatic N) is 4. The Hall–Kier alpha value is -3.59. The summed E-state index contributed by atoms with van der Waals surface area (Å²) >= 11 is 5.14. The Labute approximate surface area is 210 Å². The third-order valence-corrected chi connectivity index (χ3v) is 6.23. The average molecular weight is 522 g/mol. The number of carbonyl (C=O) groups is 2. The summed E-state index contributed by atoms with van der Waals surface area (Å²) in [6.07, 6.45) is -2.56. The molecule has 0 bridgehead atoms. The van der Waals surface area contributed by atoms with Gasteiger partial charge in [-0.15, -0.1) is 0 Å². The highest BCUT2D eigenvalue weighted by Crippen LogP contribution is 2.42. The number of rotatable bonds is 7. The maximum atomic E-state index is 14.8. The molecule has 1 aromatic carbocycles. The molecule has 1 aliphatic carbocycles. The summed E-state index contributed by atoms with van der Waals surface area (Å²) in [7, 11) is 1.30. The fraction of sp³-hybridized carbons (Fsp3) is 0.375. The van der Waals surface area contributed by atoms with Crippen molar-refractivity contribution in [3.8, 4) is 6.07 Å². The number of likely N-dealkylation sites (N-methyl/N-ethyl adjacent to an activating group) is 1. The van der Waals surface area contributed by atoms with E-state index in [1.165, 1.54) is 35.6 Å². The van der Waals surface area contributed by atoms with Gasteiger partial charge in [0.1, 0.15) is 17.4 Å². The van der Waals surface area contributed by atoms with Crippen LogP contribution in [0.25, 0.3) is 0 Å². The molecule has 0 saturated heterocycles. The monoisotopic (exact) mass is 521 g/mol. The molecule has 2 amide bonds. The summed E-state index contributed by atoms with van der Waals surface area (Å²) in [5, 5.41) is 11.6. The summed E-state index contributed by atoms with van der Waals surface area (Å²) in [5.41, 5.74) is -2.25. The molecule has 36 heavy (non-hydrogen) atoms. The molecule has 7 nitrogen and oxygen atoms in total. The standard InChI is InChI=1S/C24H23F4N5O2S/c1-14(2)31-21(34)17-6-5-15(10-19(17)25)33(13-36)23(7-4-8-23)22(35)32(3)16-9-18(24(26,27)28)20(11-29)30-12-16/h5-6,9-10,12-14H,4,7-8H2,1-3H3,(H,31,34). The first-order valence-electron chi connectivity index (χ1n) is 11.0. The molecule has 12 heteroatoms. The summed E-state index contributed by atoms with van der Waals surface area (Å²) in [6, 6.07) is 5.73. The van der Waals surface area contributed by atoms with Crippen LogP contribution in [0.1, 0.15) is 54.7 Å². The van der Waals surface area contributed by atoms with Crippen LogP contribution in [0, 0.1) is 17.1 Å². The van der Waals surface area contributed by atoms with E-state index < -0.39 is 40.6 Å². The van der Waals surface area contributed by atoms with Crippen molar-refractivity contribution in [1.29, 1.82) is 5.26 Å². The van der Waals surface area contributed by atoms with E-state index in [1.54, 1.807) is 13.8 Å². The number of pyridine rings is 1. The van der Waals surface area contributed by atoms with Crippen molar-refractivity contribution in [1.82, 2.24) is 10.3 Å². The first kappa shape index (κ1) is 27.0. The zero-order valence-electron chi connectivity index (χ0n) is 19.7. The number of nitrogens with one attached hydrogen (secondary N) is 1. The van der Waals surface area contributed by atoms with Crippen LogP contribution in [-0.2, 0) is 11.0 Å². The summed E-state index contributed by atoms with van der Waals surface area (Å²) in [4.78, 5) is 31.8. The Morgan fingerprint density at radius 1 is 1.25 bits per heavy atom. The Bertz CT molecular complexity index is 1240. The third-order valence-electron chi connectivity index (χ3n) is 6.02. The van der Waals surface area contributed by atoms with Gasteiger partial charge in [0.25, 0.3) is 11.8 Å². The van der Waals surface area contributed by atoms with Crippen molar-refractivity contribution in [2.45, 2.75) is 50.9 Å². The summed E-state index contributed by atoms with van der Waals surface area (Å²) in [6.45, 7) is 3.48. The molecule has 2 aromatic rings. The number of alkyl halides is 3. The summed E-state index contributed by atoms with van der Waals surface area (Å²) < 4.78 is 55.1. The van der Waals surface area contributed by atoms with Crippen LogP contribution >= 0.6 is 12.2 Å². The Kier molecular flexibility index (Phi) is 7.64.